The molecule has 10 nitrogen and oxygen atoms in total. The lowest BCUT2D eigenvalue weighted by atomic mass is 10.1. The standard InChI is InChI=1S/C20H20N6O4/c1-3-13-6-4-5-7-15(13)22-20-24-17(23-19(21)25-20)11-30-18(27)14-9-8-12(2)16(10-14)26(28)29/h4-10H,3,11H2,1-2H3,(H3,21,22,23,24,25). The molecule has 154 valence electrons. The number of carbonyl (C=O) groups excluding carboxylic acids is 1. The number of anilines is 3. The van der Waals surface area contributed by atoms with E-state index in [4.69, 9.17) is 10.5 Å². The second kappa shape index (κ2) is 8.95. The summed E-state index contributed by atoms with van der Waals surface area (Å²) in [6, 6.07) is 11.8. The van der Waals surface area contributed by atoms with Gasteiger partial charge in [-0.1, -0.05) is 31.2 Å². The minimum Gasteiger partial charge on any atom is -0.454 e. The zero-order valence-electron chi connectivity index (χ0n) is 16.5. The van der Waals surface area contributed by atoms with Crippen molar-refractivity contribution in [3.63, 3.8) is 0 Å². The molecule has 0 saturated heterocycles. The molecule has 3 N–H and O–H groups in total. The first-order valence-electron chi connectivity index (χ1n) is 9.15. The number of aromatic nitrogens is 3. The van der Waals surface area contributed by atoms with E-state index in [0.717, 1.165) is 17.7 Å². The summed E-state index contributed by atoms with van der Waals surface area (Å²) >= 11 is 0. The van der Waals surface area contributed by atoms with Crippen LogP contribution in [0.1, 0.15) is 34.2 Å². The Kier molecular flexibility index (Phi) is 6.16. The van der Waals surface area contributed by atoms with Gasteiger partial charge in [0.25, 0.3) is 5.69 Å². The van der Waals surface area contributed by atoms with E-state index >= 15 is 0 Å². The van der Waals surface area contributed by atoms with Gasteiger partial charge in [-0.15, -0.1) is 0 Å². The number of hydrogen-bond donors (Lipinski definition) is 2. The van der Waals surface area contributed by atoms with E-state index in [2.05, 4.69) is 20.3 Å². The van der Waals surface area contributed by atoms with Crippen molar-refractivity contribution in [1.82, 2.24) is 15.0 Å². The van der Waals surface area contributed by atoms with E-state index in [-0.39, 0.29) is 35.6 Å². The highest BCUT2D eigenvalue weighted by Gasteiger charge is 2.17. The first-order valence-corrected chi connectivity index (χ1v) is 9.15. The maximum absolute atomic E-state index is 12.3. The summed E-state index contributed by atoms with van der Waals surface area (Å²) in [5, 5.41) is 14.1. The monoisotopic (exact) mass is 408 g/mol. The molecule has 2 aromatic carbocycles. The van der Waals surface area contributed by atoms with Crippen LogP contribution in [-0.4, -0.2) is 25.8 Å². The maximum atomic E-state index is 12.3. The molecule has 3 rings (SSSR count). The van der Waals surface area contributed by atoms with Gasteiger partial charge in [-0.05, 0) is 31.0 Å². The number of aryl methyl sites for hydroxylation is 2. The highest BCUT2D eigenvalue weighted by molar-refractivity contribution is 5.90. The number of nitrogen functional groups attached to an aromatic ring is 1. The minimum absolute atomic E-state index is 0.0292. The Balaban J connectivity index is 1.74. The smallest absolute Gasteiger partial charge is 0.338 e. The van der Waals surface area contributed by atoms with Crippen LogP contribution < -0.4 is 11.1 Å². The predicted molar refractivity (Wildman–Crippen MR) is 110 cm³/mol. The summed E-state index contributed by atoms with van der Waals surface area (Å²) < 4.78 is 5.20. The van der Waals surface area contributed by atoms with E-state index in [1.165, 1.54) is 18.2 Å². The quantitative estimate of drug-likeness (QED) is 0.341. The van der Waals surface area contributed by atoms with Gasteiger partial charge in [0.05, 0.1) is 10.5 Å². The predicted octanol–water partition coefficient (Wildman–Crippen LogP) is 3.33. The summed E-state index contributed by atoms with van der Waals surface area (Å²) in [4.78, 5) is 35.1. The molecule has 0 radical (unpaired) electrons. The Morgan fingerprint density at radius 3 is 2.70 bits per heavy atom. The van der Waals surface area contributed by atoms with Crippen LogP contribution in [0.5, 0.6) is 0 Å². The van der Waals surface area contributed by atoms with Gasteiger partial charge in [0.15, 0.2) is 12.4 Å². The number of hydrogen-bond acceptors (Lipinski definition) is 9. The summed E-state index contributed by atoms with van der Waals surface area (Å²) in [7, 11) is 0. The molecule has 0 fully saturated rings. The molecule has 0 aliphatic carbocycles. The van der Waals surface area contributed by atoms with Crippen molar-refractivity contribution in [1.29, 1.82) is 0 Å². The van der Waals surface area contributed by atoms with E-state index in [0.29, 0.717) is 5.56 Å². The molecular weight excluding hydrogens is 388 g/mol. The van der Waals surface area contributed by atoms with Crippen molar-refractivity contribution < 1.29 is 14.5 Å². The van der Waals surface area contributed by atoms with E-state index in [9.17, 15) is 14.9 Å². The SMILES string of the molecule is CCc1ccccc1Nc1nc(N)nc(COC(=O)c2ccc(C)c([N+](=O)[O-])c2)n1. The van der Waals surface area contributed by atoms with Crippen LogP contribution >= 0.6 is 0 Å². The maximum Gasteiger partial charge on any atom is 0.338 e. The van der Waals surface area contributed by atoms with E-state index in [1.54, 1.807) is 6.92 Å². The lowest BCUT2D eigenvalue weighted by molar-refractivity contribution is -0.385. The first-order chi connectivity index (χ1) is 14.4. The fraction of sp³-hybridized carbons (Fsp3) is 0.200. The number of nitrogens with zero attached hydrogens (tertiary/aromatic N) is 4. The number of nitrogens with two attached hydrogens (primary N) is 1. The fourth-order valence-corrected chi connectivity index (χ4v) is 2.78. The van der Waals surface area contributed by atoms with Gasteiger partial charge in [0.2, 0.25) is 11.9 Å². The van der Waals surface area contributed by atoms with Gasteiger partial charge in [-0.25, -0.2) is 4.79 Å². The van der Waals surface area contributed by atoms with Gasteiger partial charge in [-0.2, -0.15) is 15.0 Å². The number of benzene rings is 2. The molecule has 0 aliphatic rings. The largest absolute Gasteiger partial charge is 0.454 e. The second-order valence-electron chi connectivity index (χ2n) is 6.40. The number of nitro benzene ring substituents is 1. The third-order valence-electron chi connectivity index (χ3n) is 4.32. The van der Waals surface area contributed by atoms with Crippen LogP contribution in [0.3, 0.4) is 0 Å². The summed E-state index contributed by atoms with van der Waals surface area (Å²) in [5.41, 5.74) is 8.01. The zero-order chi connectivity index (χ0) is 21.7. The van der Waals surface area contributed by atoms with Crippen LogP contribution in [0.4, 0.5) is 23.3 Å². The van der Waals surface area contributed by atoms with E-state index in [1.807, 2.05) is 31.2 Å². The molecule has 0 saturated carbocycles. The number of nitro groups is 1. The average Bonchev–Trinajstić information content (AvgIpc) is 2.72. The Morgan fingerprint density at radius 2 is 1.97 bits per heavy atom. The van der Waals surface area contributed by atoms with Gasteiger partial charge >= 0.3 is 5.97 Å². The van der Waals surface area contributed by atoms with Crippen LogP contribution in [0.2, 0.25) is 0 Å². The molecule has 30 heavy (non-hydrogen) atoms. The molecule has 1 aromatic heterocycles. The normalized spacial score (nSPS) is 10.5. The van der Waals surface area contributed by atoms with Crippen molar-refractivity contribution >= 4 is 29.2 Å². The third-order valence-corrected chi connectivity index (χ3v) is 4.32. The summed E-state index contributed by atoms with van der Waals surface area (Å²) in [5.74, 6) is -0.393. The number of carbonyl (C=O) groups is 1. The van der Waals surface area contributed by atoms with Gasteiger partial charge in [0.1, 0.15) is 0 Å². The highest BCUT2D eigenvalue weighted by Crippen LogP contribution is 2.21. The topological polar surface area (TPSA) is 146 Å². The molecule has 0 unspecified atom stereocenters. The molecule has 0 spiro atoms. The van der Waals surface area contributed by atoms with Crippen molar-refractivity contribution in [3.05, 3.63) is 75.1 Å². The Labute approximate surface area is 172 Å². The van der Waals surface area contributed by atoms with Crippen molar-refractivity contribution in [2.45, 2.75) is 26.9 Å². The average molecular weight is 408 g/mol. The number of nitrogens with one attached hydrogen (secondary N) is 1. The van der Waals surface area contributed by atoms with Crippen LogP contribution in [0, 0.1) is 17.0 Å². The summed E-state index contributed by atoms with van der Waals surface area (Å²) in [6.45, 7) is 3.35. The molecular formula is C20H20N6O4. The fourth-order valence-electron chi connectivity index (χ4n) is 2.78. The van der Waals surface area contributed by atoms with Gasteiger partial charge in [0, 0.05) is 17.3 Å². The molecule has 0 bridgehead atoms. The Bertz CT molecular complexity index is 1100. The molecule has 10 heteroatoms. The minimum atomic E-state index is -0.733. The summed E-state index contributed by atoms with van der Waals surface area (Å²) in [6.07, 6.45) is 0.816. The van der Waals surface area contributed by atoms with Crippen LogP contribution in [-0.2, 0) is 17.8 Å². The van der Waals surface area contributed by atoms with Crippen molar-refractivity contribution in [3.8, 4) is 0 Å². The van der Waals surface area contributed by atoms with Gasteiger partial charge < -0.3 is 15.8 Å². The number of rotatable bonds is 7. The molecule has 0 aliphatic heterocycles. The Hall–Kier alpha value is -4.08. The first kappa shape index (κ1) is 20.6. The Morgan fingerprint density at radius 1 is 1.20 bits per heavy atom. The van der Waals surface area contributed by atoms with E-state index < -0.39 is 10.9 Å². The number of para-hydroxylation sites is 1. The second-order valence-corrected chi connectivity index (χ2v) is 6.40. The molecule has 0 amide bonds. The molecule has 0 atom stereocenters. The number of ether oxygens (including phenoxy) is 1. The lowest BCUT2D eigenvalue weighted by Crippen LogP contribution is -2.12. The lowest BCUT2D eigenvalue weighted by Gasteiger charge is -2.11. The van der Waals surface area contributed by atoms with Crippen LogP contribution in [0.25, 0.3) is 0 Å². The van der Waals surface area contributed by atoms with Crippen molar-refractivity contribution in [2.75, 3.05) is 11.1 Å². The third kappa shape index (κ3) is 4.85. The highest BCUT2D eigenvalue weighted by atomic mass is 16.6. The number of esters is 1. The van der Waals surface area contributed by atoms with Crippen LogP contribution in [0.15, 0.2) is 42.5 Å². The van der Waals surface area contributed by atoms with Crippen molar-refractivity contribution in [2.24, 2.45) is 0 Å². The molecule has 3 aromatic rings. The van der Waals surface area contributed by atoms with Gasteiger partial charge in [-0.3, -0.25) is 10.1 Å². The zero-order valence-corrected chi connectivity index (χ0v) is 16.5. The molecule has 1 heterocycles.